The van der Waals surface area contributed by atoms with E-state index in [9.17, 15) is 4.79 Å². The topological polar surface area (TPSA) is 73.6 Å². The minimum Gasteiger partial charge on any atom is -0.353 e. The molecule has 1 N–H and O–H groups in total. The number of carbonyl (C=O) groups excluding carboxylic acids is 1. The van der Waals surface area contributed by atoms with Gasteiger partial charge in [-0.3, -0.25) is 10.1 Å². The highest BCUT2D eigenvalue weighted by molar-refractivity contribution is 9.10. The molecule has 1 aromatic rings. The Kier molecular flexibility index (Phi) is 5.32. The fourth-order valence-corrected chi connectivity index (χ4v) is 3.12. The quantitative estimate of drug-likeness (QED) is 0.735. The predicted octanol–water partition coefficient (Wildman–Crippen LogP) is 3.75. The summed E-state index contributed by atoms with van der Waals surface area (Å²) < 4.78 is 16.3. The lowest BCUT2D eigenvalue weighted by molar-refractivity contribution is -0.177. The lowest BCUT2D eigenvalue weighted by Gasteiger charge is -2.40. The molecule has 0 spiro atoms. The summed E-state index contributed by atoms with van der Waals surface area (Å²) in [6, 6.07) is 1.82. The van der Waals surface area contributed by atoms with Gasteiger partial charge in [-0.25, -0.2) is 0 Å². The Hall–Kier alpha value is -0.920. The average molecular weight is 401 g/mol. The Morgan fingerprint density at radius 3 is 2.83 bits per heavy atom. The molecule has 0 aromatic carbocycles. The number of halogens is 1. The van der Waals surface area contributed by atoms with Crippen LogP contribution in [0.15, 0.2) is 10.6 Å². The highest BCUT2D eigenvalue weighted by Gasteiger charge is 2.42. The normalized spacial score (nSPS) is 23.5. The molecule has 6 nitrogen and oxygen atoms in total. The van der Waals surface area contributed by atoms with Crippen molar-refractivity contribution in [3.63, 3.8) is 0 Å². The van der Waals surface area contributed by atoms with Gasteiger partial charge in [0.1, 0.15) is 0 Å². The van der Waals surface area contributed by atoms with Crippen molar-refractivity contribution >= 4 is 27.7 Å². The summed E-state index contributed by atoms with van der Waals surface area (Å²) in [6.07, 6.45) is 6.31. The number of alkyl halides is 1. The molecule has 1 saturated heterocycles. The van der Waals surface area contributed by atoms with Crippen LogP contribution in [0.3, 0.4) is 0 Å². The molecule has 7 heteroatoms. The van der Waals surface area contributed by atoms with Crippen molar-refractivity contribution in [2.45, 2.75) is 68.4 Å². The Morgan fingerprint density at radius 2 is 2.25 bits per heavy atom. The molecule has 1 amide bonds. The smallest absolute Gasteiger partial charge is 0.243 e. The summed E-state index contributed by atoms with van der Waals surface area (Å²) in [5.74, 6) is 0.211. The van der Waals surface area contributed by atoms with Crippen LogP contribution in [-0.4, -0.2) is 34.9 Å². The van der Waals surface area contributed by atoms with Crippen LogP contribution in [0.25, 0.3) is 0 Å². The molecular weight excluding hydrogens is 376 g/mol. The summed E-state index contributed by atoms with van der Waals surface area (Å²) in [5.41, 5.74) is 0.740. The van der Waals surface area contributed by atoms with E-state index in [-0.39, 0.29) is 17.6 Å². The molecule has 0 radical (unpaired) electrons. The van der Waals surface area contributed by atoms with Gasteiger partial charge < -0.3 is 14.0 Å². The third kappa shape index (κ3) is 4.00. The van der Waals surface area contributed by atoms with E-state index in [2.05, 4.69) is 26.4 Å². The molecule has 1 aliphatic carbocycles. The van der Waals surface area contributed by atoms with Gasteiger partial charge in [0, 0.05) is 18.1 Å². The van der Waals surface area contributed by atoms with E-state index in [4.69, 9.17) is 14.0 Å². The molecule has 2 heterocycles. The van der Waals surface area contributed by atoms with Gasteiger partial charge in [0.15, 0.2) is 6.29 Å². The summed E-state index contributed by atoms with van der Waals surface area (Å²) in [7, 11) is 0. The third-order valence-electron chi connectivity index (χ3n) is 4.82. The van der Waals surface area contributed by atoms with Gasteiger partial charge in [-0.05, 0) is 46.0 Å². The fourth-order valence-electron chi connectivity index (χ4n) is 3.02. The first kappa shape index (κ1) is 17.9. The number of nitrogens with one attached hydrogen (secondary N) is 1. The molecule has 24 heavy (non-hydrogen) atoms. The van der Waals surface area contributed by atoms with Gasteiger partial charge >= 0.3 is 0 Å². The summed E-state index contributed by atoms with van der Waals surface area (Å²) in [5, 5.41) is 6.93. The molecule has 1 saturated carbocycles. The van der Waals surface area contributed by atoms with Gasteiger partial charge in [-0.2, -0.15) is 0 Å². The number of rotatable bonds is 6. The zero-order valence-corrected chi connectivity index (χ0v) is 15.9. The second kappa shape index (κ2) is 7.14. The lowest BCUT2D eigenvalue weighted by atomic mass is 9.67. The van der Waals surface area contributed by atoms with E-state index < -0.39 is 4.32 Å². The van der Waals surface area contributed by atoms with E-state index in [1.54, 1.807) is 13.8 Å². The van der Waals surface area contributed by atoms with Crippen molar-refractivity contribution in [1.82, 2.24) is 5.16 Å². The number of anilines is 1. The maximum absolute atomic E-state index is 12.0. The summed E-state index contributed by atoms with van der Waals surface area (Å²) >= 11 is 3.33. The van der Waals surface area contributed by atoms with Crippen molar-refractivity contribution in [2.75, 3.05) is 18.5 Å². The van der Waals surface area contributed by atoms with Gasteiger partial charge in [-0.1, -0.05) is 27.5 Å². The molecule has 1 aliphatic heterocycles. The zero-order chi connectivity index (χ0) is 17.2. The van der Waals surface area contributed by atoms with Crippen molar-refractivity contribution in [3.05, 3.63) is 11.8 Å². The molecule has 1 aromatic heterocycles. The van der Waals surface area contributed by atoms with Crippen LogP contribution in [0.4, 0.5) is 5.88 Å². The SMILES string of the molecule is CC(C)(Br)C(=O)Nc1cc(C2(COC3CCCCO3)CCC2)no1. The number of amides is 1. The molecule has 1 unspecified atom stereocenters. The maximum Gasteiger partial charge on any atom is 0.243 e. The van der Waals surface area contributed by atoms with Crippen LogP contribution in [0.2, 0.25) is 0 Å². The summed E-state index contributed by atoms with van der Waals surface area (Å²) in [6.45, 7) is 4.93. The molecule has 134 valence electrons. The summed E-state index contributed by atoms with van der Waals surface area (Å²) in [4.78, 5) is 12.0. The molecule has 0 bridgehead atoms. The van der Waals surface area contributed by atoms with Gasteiger partial charge in [0.05, 0.1) is 16.6 Å². The van der Waals surface area contributed by atoms with Crippen LogP contribution in [0, 0.1) is 0 Å². The predicted molar refractivity (Wildman–Crippen MR) is 93.2 cm³/mol. The molecular formula is C17H25BrN2O4. The number of hydrogen-bond acceptors (Lipinski definition) is 5. The largest absolute Gasteiger partial charge is 0.353 e. The number of aromatic nitrogens is 1. The second-order valence-corrected chi connectivity index (χ2v) is 9.23. The Balaban J connectivity index is 1.62. The lowest BCUT2D eigenvalue weighted by Crippen LogP contribution is -2.41. The maximum atomic E-state index is 12.0. The monoisotopic (exact) mass is 400 g/mol. The minimum atomic E-state index is -0.657. The van der Waals surface area contributed by atoms with Crippen molar-refractivity contribution in [1.29, 1.82) is 0 Å². The van der Waals surface area contributed by atoms with Gasteiger partial charge in [0.25, 0.3) is 0 Å². The Bertz CT molecular complexity index is 571. The molecule has 3 rings (SSSR count). The average Bonchev–Trinajstić information content (AvgIpc) is 2.95. The first-order chi connectivity index (χ1) is 11.4. The van der Waals surface area contributed by atoms with Gasteiger partial charge in [0.2, 0.25) is 11.8 Å². The molecule has 2 aliphatic rings. The zero-order valence-electron chi connectivity index (χ0n) is 14.3. The third-order valence-corrected chi connectivity index (χ3v) is 5.18. The number of nitrogens with zero attached hydrogens (tertiary/aromatic N) is 1. The number of hydrogen-bond donors (Lipinski definition) is 1. The van der Waals surface area contributed by atoms with Crippen LogP contribution in [0.5, 0.6) is 0 Å². The van der Waals surface area contributed by atoms with Crippen molar-refractivity contribution in [2.24, 2.45) is 0 Å². The fraction of sp³-hybridized carbons (Fsp3) is 0.765. The highest BCUT2D eigenvalue weighted by Crippen LogP contribution is 2.44. The standard InChI is InChI=1S/C17H25BrN2O4/c1-16(2,18)15(21)19-13-10-12(20-24-13)17(7-5-8-17)11-23-14-6-3-4-9-22-14/h10,14H,3-9,11H2,1-2H3,(H,19,21). The van der Waals surface area contributed by atoms with E-state index >= 15 is 0 Å². The van der Waals surface area contributed by atoms with Crippen molar-refractivity contribution < 1.29 is 18.8 Å². The van der Waals surface area contributed by atoms with E-state index in [0.717, 1.165) is 50.8 Å². The number of carbonyl (C=O) groups is 1. The molecule has 1 atom stereocenters. The highest BCUT2D eigenvalue weighted by atomic mass is 79.9. The second-order valence-electron chi connectivity index (χ2n) is 7.24. The van der Waals surface area contributed by atoms with Crippen molar-refractivity contribution in [3.8, 4) is 0 Å². The van der Waals surface area contributed by atoms with Crippen LogP contribution in [0.1, 0.15) is 58.1 Å². The van der Waals surface area contributed by atoms with Crippen LogP contribution < -0.4 is 5.32 Å². The first-order valence-electron chi connectivity index (χ1n) is 8.60. The van der Waals surface area contributed by atoms with E-state index in [0.29, 0.717) is 12.5 Å². The van der Waals surface area contributed by atoms with Gasteiger partial charge in [-0.15, -0.1) is 0 Å². The van der Waals surface area contributed by atoms with E-state index in [1.807, 2.05) is 6.07 Å². The Morgan fingerprint density at radius 1 is 1.46 bits per heavy atom. The Labute approximate surface area is 150 Å². The van der Waals surface area contributed by atoms with Crippen LogP contribution in [-0.2, 0) is 19.7 Å². The first-order valence-corrected chi connectivity index (χ1v) is 9.39. The van der Waals surface area contributed by atoms with Crippen LogP contribution >= 0.6 is 15.9 Å². The minimum absolute atomic E-state index is 0.100. The van der Waals surface area contributed by atoms with E-state index in [1.165, 1.54) is 0 Å². The number of ether oxygens (including phenoxy) is 2. The molecule has 2 fully saturated rings.